The van der Waals surface area contributed by atoms with Gasteiger partial charge in [-0.3, -0.25) is 4.68 Å². The average molecular weight is 266 g/mol. The molecule has 0 saturated heterocycles. The van der Waals surface area contributed by atoms with Gasteiger partial charge in [-0.05, 0) is 24.4 Å². The van der Waals surface area contributed by atoms with Crippen molar-refractivity contribution in [2.24, 2.45) is 7.05 Å². The van der Waals surface area contributed by atoms with Crippen molar-refractivity contribution in [1.29, 1.82) is 0 Å². The summed E-state index contributed by atoms with van der Waals surface area (Å²) in [5.74, 6) is 0.912. The van der Waals surface area contributed by atoms with E-state index >= 15 is 0 Å². The van der Waals surface area contributed by atoms with Crippen LogP contribution in [0.3, 0.4) is 0 Å². The van der Waals surface area contributed by atoms with Gasteiger partial charge in [0.05, 0.1) is 29.9 Å². The van der Waals surface area contributed by atoms with E-state index in [-0.39, 0.29) is 6.04 Å². The summed E-state index contributed by atoms with van der Waals surface area (Å²) in [6.07, 6.45) is 2.88. The van der Waals surface area contributed by atoms with Crippen molar-refractivity contribution in [3.05, 3.63) is 28.2 Å². The van der Waals surface area contributed by atoms with Crippen LogP contribution in [0.15, 0.2) is 17.6 Å². The second-order valence-electron chi connectivity index (χ2n) is 4.02. The maximum atomic E-state index is 5.40. The SMILES string of the molecule is CCCNC(c1sccc1OC)c1cnnn1C. The van der Waals surface area contributed by atoms with Crippen LogP contribution in [-0.2, 0) is 7.05 Å². The number of rotatable bonds is 6. The van der Waals surface area contributed by atoms with Crippen LogP contribution in [0.5, 0.6) is 5.75 Å². The molecule has 1 unspecified atom stereocenters. The molecule has 2 aromatic rings. The van der Waals surface area contributed by atoms with E-state index in [0.717, 1.165) is 29.3 Å². The van der Waals surface area contributed by atoms with Gasteiger partial charge in [-0.15, -0.1) is 16.4 Å². The molecule has 0 saturated carbocycles. The summed E-state index contributed by atoms with van der Waals surface area (Å²) in [7, 11) is 3.60. The van der Waals surface area contributed by atoms with Crippen molar-refractivity contribution >= 4 is 11.3 Å². The van der Waals surface area contributed by atoms with Crippen molar-refractivity contribution in [3.63, 3.8) is 0 Å². The third-order valence-corrected chi connectivity index (χ3v) is 3.75. The minimum Gasteiger partial charge on any atom is -0.496 e. The topological polar surface area (TPSA) is 52.0 Å². The lowest BCUT2D eigenvalue weighted by atomic mass is 10.1. The average Bonchev–Trinajstić information content (AvgIpc) is 2.99. The Labute approximate surface area is 111 Å². The molecule has 0 fully saturated rings. The summed E-state index contributed by atoms with van der Waals surface area (Å²) >= 11 is 1.68. The molecule has 0 radical (unpaired) electrons. The fourth-order valence-corrected chi connectivity index (χ4v) is 2.81. The molecule has 6 heteroatoms. The van der Waals surface area contributed by atoms with E-state index in [9.17, 15) is 0 Å². The Bertz CT molecular complexity index is 494. The van der Waals surface area contributed by atoms with Gasteiger partial charge in [0.1, 0.15) is 5.75 Å². The Kier molecular flexibility index (Phi) is 4.33. The van der Waals surface area contributed by atoms with Crippen LogP contribution in [0.4, 0.5) is 0 Å². The number of ether oxygens (including phenoxy) is 1. The van der Waals surface area contributed by atoms with E-state index in [2.05, 4.69) is 22.6 Å². The summed E-state index contributed by atoms with van der Waals surface area (Å²) in [5, 5.41) is 13.5. The Morgan fingerprint density at radius 1 is 1.56 bits per heavy atom. The van der Waals surface area contributed by atoms with Gasteiger partial charge in [0.25, 0.3) is 0 Å². The van der Waals surface area contributed by atoms with Gasteiger partial charge in [0.15, 0.2) is 0 Å². The highest BCUT2D eigenvalue weighted by Gasteiger charge is 2.22. The van der Waals surface area contributed by atoms with Crippen LogP contribution in [0, 0.1) is 0 Å². The molecule has 98 valence electrons. The van der Waals surface area contributed by atoms with E-state index in [1.807, 2.05) is 18.5 Å². The fraction of sp³-hybridized carbons (Fsp3) is 0.500. The number of aryl methyl sites for hydroxylation is 1. The molecule has 0 aliphatic carbocycles. The molecule has 0 aromatic carbocycles. The standard InChI is InChI=1S/C12H18N4OS/c1-4-6-13-11(9-8-14-15-16(9)2)12-10(17-3)5-7-18-12/h5,7-8,11,13H,4,6H2,1-3H3. The van der Waals surface area contributed by atoms with Crippen LogP contribution in [0.25, 0.3) is 0 Å². The highest BCUT2D eigenvalue weighted by molar-refractivity contribution is 7.10. The first kappa shape index (κ1) is 13.0. The summed E-state index contributed by atoms with van der Waals surface area (Å²) < 4.78 is 7.20. The molecule has 5 nitrogen and oxygen atoms in total. The van der Waals surface area contributed by atoms with Gasteiger partial charge in [-0.2, -0.15) is 0 Å². The van der Waals surface area contributed by atoms with E-state index in [0.29, 0.717) is 0 Å². The van der Waals surface area contributed by atoms with Crippen molar-refractivity contribution in [2.45, 2.75) is 19.4 Å². The summed E-state index contributed by atoms with van der Waals surface area (Å²) in [6, 6.07) is 2.07. The third-order valence-electron chi connectivity index (χ3n) is 2.78. The predicted octanol–water partition coefficient (Wildman–Crippen LogP) is 1.97. The first-order valence-corrected chi connectivity index (χ1v) is 6.85. The van der Waals surface area contributed by atoms with Crippen molar-refractivity contribution in [2.75, 3.05) is 13.7 Å². The number of hydrogen-bond acceptors (Lipinski definition) is 5. The second-order valence-corrected chi connectivity index (χ2v) is 4.97. The van der Waals surface area contributed by atoms with Gasteiger partial charge in [-0.25, -0.2) is 0 Å². The zero-order chi connectivity index (χ0) is 13.0. The molecule has 18 heavy (non-hydrogen) atoms. The predicted molar refractivity (Wildman–Crippen MR) is 72.0 cm³/mol. The largest absolute Gasteiger partial charge is 0.496 e. The first-order valence-electron chi connectivity index (χ1n) is 5.97. The van der Waals surface area contributed by atoms with Crippen LogP contribution in [0.2, 0.25) is 0 Å². The summed E-state index contributed by atoms with van der Waals surface area (Å²) in [4.78, 5) is 1.16. The van der Waals surface area contributed by atoms with Gasteiger partial charge in [-0.1, -0.05) is 12.1 Å². The number of hydrogen-bond donors (Lipinski definition) is 1. The minimum atomic E-state index is 0.0832. The second kappa shape index (κ2) is 5.97. The monoisotopic (exact) mass is 266 g/mol. The van der Waals surface area contributed by atoms with Gasteiger partial charge in [0.2, 0.25) is 0 Å². The zero-order valence-electron chi connectivity index (χ0n) is 10.9. The van der Waals surface area contributed by atoms with Gasteiger partial charge < -0.3 is 10.1 Å². The Morgan fingerprint density at radius 3 is 3.00 bits per heavy atom. The molecule has 2 heterocycles. The minimum absolute atomic E-state index is 0.0832. The number of methoxy groups -OCH3 is 1. The number of thiophene rings is 1. The van der Waals surface area contributed by atoms with Gasteiger partial charge >= 0.3 is 0 Å². The molecular formula is C12H18N4OS. The van der Waals surface area contributed by atoms with Crippen LogP contribution in [0.1, 0.15) is 30.0 Å². The number of nitrogens with zero attached hydrogens (tertiary/aromatic N) is 3. The summed E-state index contributed by atoms with van der Waals surface area (Å²) in [5.41, 5.74) is 1.05. The zero-order valence-corrected chi connectivity index (χ0v) is 11.7. The number of aromatic nitrogens is 3. The lowest BCUT2D eigenvalue weighted by Gasteiger charge is -2.18. The molecule has 1 N–H and O–H groups in total. The quantitative estimate of drug-likeness (QED) is 0.868. The molecule has 1 atom stereocenters. The van der Waals surface area contributed by atoms with E-state index in [1.165, 1.54) is 0 Å². The molecule has 0 spiro atoms. The highest BCUT2D eigenvalue weighted by Crippen LogP contribution is 2.34. The fourth-order valence-electron chi connectivity index (χ4n) is 1.87. The van der Waals surface area contributed by atoms with Crippen LogP contribution >= 0.6 is 11.3 Å². The van der Waals surface area contributed by atoms with Crippen molar-refractivity contribution < 1.29 is 4.74 Å². The van der Waals surface area contributed by atoms with Gasteiger partial charge in [0, 0.05) is 7.05 Å². The molecule has 0 bridgehead atoms. The van der Waals surface area contributed by atoms with Crippen LogP contribution in [-0.4, -0.2) is 28.6 Å². The van der Waals surface area contributed by atoms with E-state index in [4.69, 9.17) is 4.74 Å². The first-order chi connectivity index (χ1) is 8.77. The lowest BCUT2D eigenvalue weighted by molar-refractivity contribution is 0.406. The lowest BCUT2D eigenvalue weighted by Crippen LogP contribution is -2.24. The normalized spacial score (nSPS) is 12.6. The highest BCUT2D eigenvalue weighted by atomic mass is 32.1. The number of nitrogens with one attached hydrogen (secondary N) is 1. The molecule has 0 aliphatic rings. The molecular weight excluding hydrogens is 248 g/mol. The maximum absolute atomic E-state index is 5.40. The molecule has 0 amide bonds. The van der Waals surface area contributed by atoms with E-state index < -0.39 is 0 Å². The molecule has 2 aromatic heterocycles. The molecule has 2 rings (SSSR count). The Balaban J connectivity index is 2.34. The van der Waals surface area contributed by atoms with Crippen molar-refractivity contribution in [3.8, 4) is 5.75 Å². The maximum Gasteiger partial charge on any atom is 0.134 e. The van der Waals surface area contributed by atoms with Crippen molar-refractivity contribution in [1.82, 2.24) is 20.3 Å². The van der Waals surface area contributed by atoms with E-state index in [1.54, 1.807) is 29.3 Å². The van der Waals surface area contributed by atoms with Crippen LogP contribution < -0.4 is 10.1 Å². The Hall–Kier alpha value is -1.40. The summed E-state index contributed by atoms with van der Waals surface area (Å²) in [6.45, 7) is 3.09. The Morgan fingerprint density at radius 2 is 2.39 bits per heavy atom. The smallest absolute Gasteiger partial charge is 0.134 e. The molecule has 0 aliphatic heterocycles. The third kappa shape index (κ3) is 2.54.